The first kappa shape index (κ1) is 21.4. The normalized spacial score (nSPS) is 16.9. The number of primary sulfonamides is 1. The Morgan fingerprint density at radius 3 is 2.34 bits per heavy atom. The maximum absolute atomic E-state index is 13.2. The van der Waals surface area contributed by atoms with Crippen LogP contribution in [0.4, 0.5) is 0 Å². The van der Waals surface area contributed by atoms with E-state index in [-0.39, 0.29) is 16.7 Å². The van der Waals surface area contributed by atoms with Crippen molar-refractivity contribution in [2.75, 3.05) is 13.1 Å². The van der Waals surface area contributed by atoms with Crippen LogP contribution in [0.25, 0.3) is 11.3 Å². The molecule has 1 amide bonds. The molecule has 1 aliphatic heterocycles. The molecule has 29 heavy (non-hydrogen) atoms. The third-order valence-electron chi connectivity index (χ3n) is 5.66. The highest BCUT2D eigenvalue weighted by Crippen LogP contribution is 2.27. The summed E-state index contributed by atoms with van der Waals surface area (Å²) in [7, 11) is -3.74. The van der Waals surface area contributed by atoms with Gasteiger partial charge in [-0.05, 0) is 36.8 Å². The zero-order valence-electron chi connectivity index (χ0n) is 17.2. The summed E-state index contributed by atoms with van der Waals surface area (Å²) >= 11 is 0. The van der Waals surface area contributed by atoms with E-state index in [1.54, 1.807) is 23.0 Å². The molecule has 1 aromatic carbocycles. The number of rotatable bonds is 6. The fraction of sp³-hybridized carbons (Fsp3) is 0.550. The third-order valence-corrected chi connectivity index (χ3v) is 6.59. The molecule has 1 saturated heterocycles. The summed E-state index contributed by atoms with van der Waals surface area (Å²) in [5.41, 5.74) is 1.29. The molecule has 3 rings (SSSR count). The number of hydrogen-bond acceptors (Lipinski definition) is 5. The van der Waals surface area contributed by atoms with E-state index in [4.69, 9.17) is 5.14 Å². The predicted octanol–water partition coefficient (Wildman–Crippen LogP) is 2.44. The van der Waals surface area contributed by atoms with E-state index in [1.165, 1.54) is 12.1 Å². The molecule has 2 aromatic rings. The molecule has 1 aliphatic rings. The Balaban J connectivity index is 1.79. The van der Waals surface area contributed by atoms with Crippen LogP contribution >= 0.6 is 0 Å². The van der Waals surface area contributed by atoms with Crippen molar-refractivity contribution in [1.29, 1.82) is 0 Å². The van der Waals surface area contributed by atoms with E-state index in [0.29, 0.717) is 17.2 Å². The van der Waals surface area contributed by atoms with Crippen LogP contribution in [0.2, 0.25) is 0 Å². The van der Waals surface area contributed by atoms with Gasteiger partial charge in [0, 0.05) is 18.7 Å². The number of benzene rings is 1. The summed E-state index contributed by atoms with van der Waals surface area (Å²) in [5, 5.41) is 13.5. The summed E-state index contributed by atoms with van der Waals surface area (Å²) in [6.45, 7) is 7.78. The van der Waals surface area contributed by atoms with Crippen LogP contribution in [0.5, 0.6) is 0 Å². The summed E-state index contributed by atoms with van der Waals surface area (Å²) < 4.78 is 24.5. The molecule has 8 nitrogen and oxygen atoms in total. The van der Waals surface area contributed by atoms with Crippen LogP contribution in [-0.2, 0) is 14.8 Å². The van der Waals surface area contributed by atoms with Crippen molar-refractivity contribution < 1.29 is 13.2 Å². The van der Waals surface area contributed by atoms with Gasteiger partial charge in [0.25, 0.3) is 0 Å². The number of piperidine rings is 1. The Morgan fingerprint density at radius 1 is 1.21 bits per heavy atom. The van der Waals surface area contributed by atoms with Gasteiger partial charge in [-0.2, -0.15) is 0 Å². The summed E-state index contributed by atoms with van der Waals surface area (Å²) in [4.78, 5) is 15.2. The fourth-order valence-corrected chi connectivity index (χ4v) is 4.33. The van der Waals surface area contributed by atoms with Gasteiger partial charge in [0.15, 0.2) is 0 Å². The van der Waals surface area contributed by atoms with E-state index < -0.39 is 16.1 Å². The van der Waals surface area contributed by atoms with Crippen molar-refractivity contribution in [2.45, 2.75) is 51.0 Å². The minimum atomic E-state index is -3.74. The molecule has 1 aromatic heterocycles. The smallest absolute Gasteiger partial charge is 0.247 e. The van der Waals surface area contributed by atoms with E-state index in [0.717, 1.165) is 32.4 Å². The SMILES string of the molecule is CCC1CCN(C(=O)[C@H](C(C)C)n2cc(-c3ccc(S(N)(=O)=O)cc3)nn2)CC1. The molecule has 0 radical (unpaired) electrons. The van der Waals surface area contributed by atoms with Crippen molar-refractivity contribution in [2.24, 2.45) is 17.0 Å². The molecule has 0 unspecified atom stereocenters. The first-order valence-corrected chi connectivity index (χ1v) is 11.6. The Bertz CT molecular complexity index is 945. The van der Waals surface area contributed by atoms with Crippen LogP contribution in [-0.4, -0.2) is 47.3 Å². The first-order chi connectivity index (χ1) is 13.7. The number of sulfonamides is 1. The number of carbonyl (C=O) groups excluding carboxylic acids is 1. The van der Waals surface area contributed by atoms with Crippen LogP contribution in [0.15, 0.2) is 35.4 Å². The summed E-state index contributed by atoms with van der Waals surface area (Å²) in [6.07, 6.45) is 5.00. The minimum absolute atomic E-state index is 0.0411. The molecule has 0 bridgehead atoms. The molecule has 0 spiro atoms. The highest BCUT2D eigenvalue weighted by atomic mass is 32.2. The van der Waals surface area contributed by atoms with E-state index in [9.17, 15) is 13.2 Å². The second kappa shape index (κ2) is 8.62. The highest BCUT2D eigenvalue weighted by molar-refractivity contribution is 7.89. The first-order valence-electron chi connectivity index (χ1n) is 10.0. The van der Waals surface area contributed by atoms with Gasteiger partial charge >= 0.3 is 0 Å². The van der Waals surface area contributed by atoms with Crippen molar-refractivity contribution in [1.82, 2.24) is 19.9 Å². The molecule has 0 saturated carbocycles. The third kappa shape index (κ3) is 4.84. The molecule has 0 aliphatic carbocycles. The predicted molar refractivity (Wildman–Crippen MR) is 110 cm³/mol. The van der Waals surface area contributed by atoms with Gasteiger partial charge < -0.3 is 4.90 Å². The van der Waals surface area contributed by atoms with Gasteiger partial charge in [0.2, 0.25) is 15.9 Å². The van der Waals surface area contributed by atoms with E-state index in [2.05, 4.69) is 17.2 Å². The average Bonchev–Trinajstić information content (AvgIpc) is 3.17. The molecular weight excluding hydrogens is 390 g/mol. The van der Waals surface area contributed by atoms with Crippen LogP contribution in [0.3, 0.4) is 0 Å². The monoisotopic (exact) mass is 419 g/mol. The molecule has 1 fully saturated rings. The molecule has 2 N–H and O–H groups in total. The van der Waals surface area contributed by atoms with Crippen LogP contribution in [0, 0.1) is 11.8 Å². The van der Waals surface area contributed by atoms with Crippen molar-refractivity contribution in [3.8, 4) is 11.3 Å². The molecule has 158 valence electrons. The Hall–Kier alpha value is -2.26. The van der Waals surface area contributed by atoms with E-state index >= 15 is 0 Å². The number of nitrogens with two attached hydrogens (primary N) is 1. The average molecular weight is 420 g/mol. The van der Waals surface area contributed by atoms with Crippen LogP contribution in [0.1, 0.15) is 46.1 Å². The van der Waals surface area contributed by atoms with Gasteiger partial charge in [0.05, 0.1) is 11.1 Å². The second-order valence-corrected chi connectivity index (χ2v) is 9.58. The lowest BCUT2D eigenvalue weighted by Crippen LogP contribution is -2.44. The van der Waals surface area contributed by atoms with Crippen molar-refractivity contribution in [3.63, 3.8) is 0 Å². The standard InChI is InChI=1S/C20H29N5O3S/c1-4-15-9-11-24(12-10-15)20(26)19(14(2)3)25-13-18(22-23-25)16-5-7-17(8-6-16)29(21,27)28/h5-8,13-15,19H,4,9-12H2,1-3H3,(H2,21,27,28)/t19-/m0/s1. The van der Waals surface area contributed by atoms with Crippen molar-refractivity contribution >= 4 is 15.9 Å². The van der Waals surface area contributed by atoms with E-state index in [1.807, 2.05) is 18.7 Å². The topological polar surface area (TPSA) is 111 Å². The number of carbonyl (C=O) groups is 1. The quantitative estimate of drug-likeness (QED) is 0.773. The zero-order chi connectivity index (χ0) is 21.2. The maximum atomic E-state index is 13.2. The summed E-state index contributed by atoms with van der Waals surface area (Å²) in [6, 6.07) is 5.73. The Kier molecular flexibility index (Phi) is 6.38. The zero-order valence-corrected chi connectivity index (χ0v) is 18.0. The van der Waals surface area contributed by atoms with Gasteiger partial charge in [-0.1, -0.05) is 44.5 Å². The number of amides is 1. The number of hydrogen-bond donors (Lipinski definition) is 1. The maximum Gasteiger partial charge on any atom is 0.247 e. The number of nitrogens with zero attached hydrogens (tertiary/aromatic N) is 4. The summed E-state index contributed by atoms with van der Waals surface area (Å²) in [5.74, 6) is 0.844. The van der Waals surface area contributed by atoms with Crippen LogP contribution < -0.4 is 5.14 Å². The lowest BCUT2D eigenvalue weighted by Gasteiger charge is -2.34. The molecule has 2 heterocycles. The Labute approximate surface area is 172 Å². The van der Waals surface area contributed by atoms with Gasteiger partial charge in [0.1, 0.15) is 11.7 Å². The molecule has 1 atom stereocenters. The number of likely N-dealkylation sites (tertiary alicyclic amines) is 1. The highest BCUT2D eigenvalue weighted by Gasteiger charge is 2.32. The lowest BCUT2D eigenvalue weighted by atomic mass is 9.93. The van der Waals surface area contributed by atoms with Gasteiger partial charge in [-0.3, -0.25) is 4.79 Å². The van der Waals surface area contributed by atoms with Gasteiger partial charge in [-0.15, -0.1) is 5.10 Å². The van der Waals surface area contributed by atoms with Crippen molar-refractivity contribution in [3.05, 3.63) is 30.5 Å². The number of aromatic nitrogens is 3. The second-order valence-electron chi connectivity index (χ2n) is 8.02. The van der Waals surface area contributed by atoms with Gasteiger partial charge in [-0.25, -0.2) is 18.2 Å². The Morgan fingerprint density at radius 2 is 1.83 bits per heavy atom. The molecular formula is C20H29N5O3S. The lowest BCUT2D eigenvalue weighted by molar-refractivity contribution is -0.138. The fourth-order valence-electron chi connectivity index (χ4n) is 3.81. The molecule has 9 heteroatoms. The largest absolute Gasteiger partial charge is 0.341 e. The minimum Gasteiger partial charge on any atom is -0.341 e.